The fourth-order valence-electron chi connectivity index (χ4n) is 2.88. The van der Waals surface area contributed by atoms with Crippen molar-refractivity contribution in [3.63, 3.8) is 0 Å². The number of thiophene rings is 1. The predicted octanol–water partition coefficient (Wildman–Crippen LogP) is 4.21. The van der Waals surface area contributed by atoms with Crippen molar-refractivity contribution in [3.8, 4) is 0 Å². The smallest absolute Gasteiger partial charge is 0.279 e. The third-order valence-corrected chi connectivity index (χ3v) is 5.64. The SMILES string of the molecule is CC(C)c1ccc([C@H]([NH2+]CC(=O)Nc2cccnc2Cl)c2cccs2)cc1. The van der Waals surface area contributed by atoms with E-state index in [1.54, 1.807) is 29.7 Å². The molecule has 140 valence electrons. The first kappa shape index (κ1) is 19.5. The lowest BCUT2D eigenvalue weighted by molar-refractivity contribution is -0.675. The van der Waals surface area contributed by atoms with Crippen molar-refractivity contribution >= 4 is 34.5 Å². The zero-order chi connectivity index (χ0) is 19.2. The van der Waals surface area contributed by atoms with Gasteiger partial charge in [0.15, 0.2) is 11.7 Å². The Morgan fingerprint density at radius 2 is 1.89 bits per heavy atom. The van der Waals surface area contributed by atoms with Gasteiger partial charge in [0.05, 0.1) is 10.6 Å². The van der Waals surface area contributed by atoms with Crippen LogP contribution in [0.1, 0.15) is 41.8 Å². The zero-order valence-electron chi connectivity index (χ0n) is 15.4. The van der Waals surface area contributed by atoms with Gasteiger partial charge in [-0.25, -0.2) is 4.98 Å². The van der Waals surface area contributed by atoms with E-state index in [4.69, 9.17) is 11.6 Å². The lowest BCUT2D eigenvalue weighted by Crippen LogP contribution is -2.87. The van der Waals surface area contributed by atoms with Crippen molar-refractivity contribution in [2.75, 3.05) is 11.9 Å². The topological polar surface area (TPSA) is 58.6 Å². The van der Waals surface area contributed by atoms with Gasteiger partial charge < -0.3 is 10.6 Å². The van der Waals surface area contributed by atoms with E-state index >= 15 is 0 Å². The van der Waals surface area contributed by atoms with Crippen LogP contribution in [0.3, 0.4) is 0 Å². The highest BCUT2D eigenvalue weighted by Crippen LogP contribution is 2.24. The molecule has 0 saturated heterocycles. The van der Waals surface area contributed by atoms with Crippen LogP contribution in [0.2, 0.25) is 5.15 Å². The third kappa shape index (κ3) is 5.16. The van der Waals surface area contributed by atoms with E-state index in [1.807, 2.05) is 6.07 Å². The number of quaternary nitrogens is 1. The quantitative estimate of drug-likeness (QED) is 0.583. The summed E-state index contributed by atoms with van der Waals surface area (Å²) in [5.74, 6) is 0.392. The minimum atomic E-state index is -0.106. The molecule has 3 N–H and O–H groups in total. The molecule has 3 aromatic rings. The van der Waals surface area contributed by atoms with Gasteiger partial charge in [0.25, 0.3) is 5.91 Å². The first-order valence-electron chi connectivity index (χ1n) is 8.91. The minimum absolute atomic E-state index is 0.0846. The summed E-state index contributed by atoms with van der Waals surface area (Å²) in [6.07, 6.45) is 1.59. The molecule has 0 fully saturated rings. The number of halogens is 1. The van der Waals surface area contributed by atoms with Crippen molar-refractivity contribution in [2.45, 2.75) is 25.8 Å². The molecular weight excluding hydrogens is 378 g/mol. The van der Waals surface area contributed by atoms with Gasteiger partial charge in [0.1, 0.15) is 6.04 Å². The maximum Gasteiger partial charge on any atom is 0.279 e. The van der Waals surface area contributed by atoms with E-state index in [1.165, 1.54) is 16.0 Å². The normalized spacial score (nSPS) is 12.1. The van der Waals surface area contributed by atoms with E-state index in [2.05, 4.69) is 65.2 Å². The Bertz CT molecular complexity index is 879. The van der Waals surface area contributed by atoms with Gasteiger partial charge in [-0.2, -0.15) is 0 Å². The monoisotopic (exact) mass is 400 g/mol. The Hall–Kier alpha value is -2.21. The molecule has 2 aromatic heterocycles. The molecular formula is C21H23ClN3OS+. The minimum Gasteiger partial charge on any atom is -0.328 e. The second-order valence-corrected chi connectivity index (χ2v) is 7.98. The number of nitrogens with zero attached hydrogens (tertiary/aromatic N) is 1. The molecule has 0 aliphatic heterocycles. The molecule has 0 bridgehead atoms. The van der Waals surface area contributed by atoms with Crippen LogP contribution in [0.25, 0.3) is 0 Å². The van der Waals surface area contributed by atoms with Crippen LogP contribution in [0.15, 0.2) is 60.1 Å². The molecule has 1 amide bonds. The number of aromatic nitrogens is 1. The van der Waals surface area contributed by atoms with E-state index in [0.29, 0.717) is 23.3 Å². The number of hydrogen-bond acceptors (Lipinski definition) is 3. The van der Waals surface area contributed by atoms with Gasteiger partial charge in [-0.15, -0.1) is 11.3 Å². The van der Waals surface area contributed by atoms with Crippen molar-refractivity contribution < 1.29 is 10.1 Å². The van der Waals surface area contributed by atoms with Crippen molar-refractivity contribution in [1.29, 1.82) is 0 Å². The Morgan fingerprint density at radius 1 is 1.15 bits per heavy atom. The molecule has 0 aliphatic rings. The molecule has 4 nitrogen and oxygen atoms in total. The fourth-order valence-corrected chi connectivity index (χ4v) is 3.90. The summed E-state index contributed by atoms with van der Waals surface area (Å²) in [6.45, 7) is 4.66. The fraction of sp³-hybridized carbons (Fsp3) is 0.238. The number of anilines is 1. The summed E-state index contributed by atoms with van der Waals surface area (Å²) in [7, 11) is 0. The van der Waals surface area contributed by atoms with Gasteiger partial charge in [0, 0.05) is 11.8 Å². The maximum atomic E-state index is 12.4. The number of hydrogen-bond donors (Lipinski definition) is 2. The molecule has 27 heavy (non-hydrogen) atoms. The van der Waals surface area contributed by atoms with Crippen LogP contribution in [-0.4, -0.2) is 17.4 Å². The molecule has 1 aromatic carbocycles. The number of nitrogens with two attached hydrogens (primary N) is 1. The third-order valence-electron chi connectivity index (χ3n) is 4.38. The summed E-state index contributed by atoms with van der Waals surface area (Å²) >= 11 is 7.71. The summed E-state index contributed by atoms with van der Waals surface area (Å²) in [6, 6.07) is 16.4. The molecule has 3 rings (SSSR count). The van der Waals surface area contributed by atoms with E-state index < -0.39 is 0 Å². The van der Waals surface area contributed by atoms with Crippen LogP contribution in [-0.2, 0) is 4.79 Å². The van der Waals surface area contributed by atoms with E-state index in [-0.39, 0.29) is 11.9 Å². The number of nitrogens with one attached hydrogen (secondary N) is 1. The average molecular weight is 401 g/mol. The van der Waals surface area contributed by atoms with Crippen molar-refractivity contribution in [2.24, 2.45) is 0 Å². The Morgan fingerprint density at radius 3 is 2.52 bits per heavy atom. The predicted molar refractivity (Wildman–Crippen MR) is 111 cm³/mol. The summed E-state index contributed by atoms with van der Waals surface area (Å²) in [4.78, 5) is 17.6. The number of pyridine rings is 1. The first-order valence-corrected chi connectivity index (χ1v) is 10.2. The molecule has 6 heteroatoms. The molecule has 2 heterocycles. The number of amides is 1. The largest absolute Gasteiger partial charge is 0.328 e. The van der Waals surface area contributed by atoms with Gasteiger partial charge in [-0.3, -0.25) is 4.79 Å². The van der Waals surface area contributed by atoms with Crippen molar-refractivity contribution in [3.05, 3.63) is 81.3 Å². The van der Waals surface area contributed by atoms with Crippen molar-refractivity contribution in [1.82, 2.24) is 4.98 Å². The zero-order valence-corrected chi connectivity index (χ0v) is 16.9. The molecule has 0 unspecified atom stereocenters. The lowest BCUT2D eigenvalue weighted by atomic mass is 9.98. The first-order chi connectivity index (χ1) is 13.0. The number of carbonyl (C=O) groups excluding carboxylic acids is 1. The van der Waals surface area contributed by atoms with Crippen LogP contribution in [0.4, 0.5) is 5.69 Å². The molecule has 0 saturated carbocycles. The molecule has 0 spiro atoms. The number of rotatable bonds is 7. The van der Waals surface area contributed by atoms with E-state index in [0.717, 1.165) is 0 Å². The Balaban J connectivity index is 1.71. The van der Waals surface area contributed by atoms with Gasteiger partial charge in [-0.1, -0.05) is 55.8 Å². The maximum absolute atomic E-state index is 12.4. The van der Waals surface area contributed by atoms with Crippen LogP contribution >= 0.6 is 22.9 Å². The second kappa shape index (κ2) is 9.13. The van der Waals surface area contributed by atoms with Crippen LogP contribution in [0.5, 0.6) is 0 Å². The summed E-state index contributed by atoms with van der Waals surface area (Å²) in [5, 5.41) is 7.24. The van der Waals surface area contributed by atoms with Crippen LogP contribution < -0.4 is 10.6 Å². The van der Waals surface area contributed by atoms with Gasteiger partial charge in [-0.05, 0) is 35.1 Å². The standard InChI is InChI=1S/C21H22ClN3OS/c1-14(2)15-7-9-16(10-8-15)20(18-6-4-12-27-18)24-13-19(26)25-17-5-3-11-23-21(17)22/h3-12,14,20,24H,13H2,1-2H3,(H,25,26)/p+1/t20-/m0/s1. The highest BCUT2D eigenvalue weighted by molar-refractivity contribution is 7.10. The van der Waals surface area contributed by atoms with E-state index in [9.17, 15) is 4.79 Å². The highest BCUT2D eigenvalue weighted by Gasteiger charge is 2.20. The summed E-state index contributed by atoms with van der Waals surface area (Å²) in [5.41, 5.74) is 3.04. The van der Waals surface area contributed by atoms with Gasteiger partial charge in [0.2, 0.25) is 0 Å². The molecule has 1 atom stereocenters. The summed E-state index contributed by atoms with van der Waals surface area (Å²) < 4.78 is 0. The molecule has 0 aliphatic carbocycles. The second-order valence-electron chi connectivity index (χ2n) is 6.64. The highest BCUT2D eigenvalue weighted by atomic mass is 35.5. The Labute approximate surface area is 168 Å². The van der Waals surface area contributed by atoms with Crippen LogP contribution in [0, 0.1) is 0 Å². The van der Waals surface area contributed by atoms with Gasteiger partial charge >= 0.3 is 0 Å². The Kier molecular flexibility index (Phi) is 6.61. The average Bonchev–Trinajstić information content (AvgIpc) is 3.19. The number of benzene rings is 1. The number of carbonyl (C=O) groups is 1. The molecule has 0 radical (unpaired) electrons. The lowest BCUT2D eigenvalue weighted by Gasteiger charge is -2.16.